The van der Waals surface area contributed by atoms with Crippen molar-refractivity contribution in [2.75, 3.05) is 0 Å². The molecule has 0 saturated carbocycles. The zero-order chi connectivity index (χ0) is 19.4. The van der Waals surface area contributed by atoms with Gasteiger partial charge < -0.3 is 5.11 Å². The number of hydrogen-bond donors (Lipinski definition) is 1. The molecule has 0 aliphatic rings. The maximum atomic E-state index is 12.0. The van der Waals surface area contributed by atoms with Crippen LogP contribution < -0.4 is 0 Å². The molecule has 3 aromatic rings. The molecule has 1 aromatic heterocycles. The van der Waals surface area contributed by atoms with Gasteiger partial charge >= 0.3 is 5.97 Å². The Kier molecular flexibility index (Phi) is 5.37. The summed E-state index contributed by atoms with van der Waals surface area (Å²) >= 11 is 0. The van der Waals surface area contributed by atoms with E-state index in [9.17, 15) is 9.90 Å². The molecule has 5 nitrogen and oxygen atoms in total. The van der Waals surface area contributed by atoms with Gasteiger partial charge in [-0.05, 0) is 48.6 Å². The standard InChI is InChI=1S/C22H21N3O2/c1-3-20-21(22(26)27)19(13-15(2)17-7-5-4-6-8-17)24-25(20)18-11-9-16(14-23)10-12-18/h4-12,15H,3,13H2,1-2H3,(H,26,27). The van der Waals surface area contributed by atoms with Crippen LogP contribution in [-0.4, -0.2) is 20.9 Å². The summed E-state index contributed by atoms with van der Waals surface area (Å²) in [4.78, 5) is 12.0. The van der Waals surface area contributed by atoms with Crippen LogP contribution in [0.4, 0.5) is 0 Å². The van der Waals surface area contributed by atoms with Crippen molar-refractivity contribution in [2.45, 2.75) is 32.6 Å². The van der Waals surface area contributed by atoms with Gasteiger partial charge in [0.1, 0.15) is 5.56 Å². The van der Waals surface area contributed by atoms with E-state index in [1.165, 1.54) is 0 Å². The smallest absolute Gasteiger partial charge is 0.339 e. The number of carboxylic acids is 1. The third kappa shape index (κ3) is 3.75. The highest BCUT2D eigenvalue weighted by molar-refractivity contribution is 5.90. The third-order valence-electron chi connectivity index (χ3n) is 4.71. The van der Waals surface area contributed by atoms with E-state index in [0.717, 1.165) is 11.3 Å². The summed E-state index contributed by atoms with van der Waals surface area (Å²) in [5, 5.41) is 23.4. The molecule has 1 unspecified atom stereocenters. The predicted molar refractivity (Wildman–Crippen MR) is 103 cm³/mol. The Hall–Kier alpha value is -3.39. The molecule has 1 atom stereocenters. The van der Waals surface area contributed by atoms with E-state index in [-0.39, 0.29) is 11.5 Å². The van der Waals surface area contributed by atoms with Gasteiger partial charge in [-0.2, -0.15) is 10.4 Å². The molecule has 3 rings (SSSR count). The molecular weight excluding hydrogens is 338 g/mol. The lowest BCUT2D eigenvalue weighted by atomic mass is 9.94. The molecule has 1 N–H and O–H groups in total. The molecular formula is C22H21N3O2. The van der Waals surface area contributed by atoms with E-state index >= 15 is 0 Å². The van der Waals surface area contributed by atoms with Gasteiger partial charge in [0.2, 0.25) is 0 Å². The number of nitriles is 1. The van der Waals surface area contributed by atoms with Crippen LogP contribution in [0, 0.1) is 11.3 Å². The molecule has 0 fully saturated rings. The fourth-order valence-electron chi connectivity index (χ4n) is 3.30. The van der Waals surface area contributed by atoms with Crippen molar-refractivity contribution < 1.29 is 9.90 Å². The monoisotopic (exact) mass is 359 g/mol. The molecule has 5 heteroatoms. The first-order valence-electron chi connectivity index (χ1n) is 8.94. The minimum Gasteiger partial charge on any atom is -0.478 e. The number of carboxylic acid groups (broad SMARTS) is 1. The summed E-state index contributed by atoms with van der Waals surface area (Å²) in [6.07, 6.45) is 1.09. The normalized spacial score (nSPS) is 11.7. The largest absolute Gasteiger partial charge is 0.478 e. The summed E-state index contributed by atoms with van der Waals surface area (Å²) in [5.74, 6) is -0.805. The highest BCUT2D eigenvalue weighted by atomic mass is 16.4. The third-order valence-corrected chi connectivity index (χ3v) is 4.71. The van der Waals surface area contributed by atoms with Crippen molar-refractivity contribution in [3.05, 3.63) is 82.7 Å². The Morgan fingerprint density at radius 3 is 2.41 bits per heavy atom. The molecule has 0 radical (unpaired) electrons. The van der Waals surface area contributed by atoms with Crippen LogP contribution in [0.3, 0.4) is 0 Å². The van der Waals surface area contributed by atoms with E-state index in [0.29, 0.717) is 29.8 Å². The first-order valence-corrected chi connectivity index (χ1v) is 8.94. The quantitative estimate of drug-likeness (QED) is 0.709. The van der Waals surface area contributed by atoms with E-state index in [1.807, 2.05) is 37.3 Å². The highest BCUT2D eigenvalue weighted by Crippen LogP contribution is 2.26. The van der Waals surface area contributed by atoms with Gasteiger partial charge in [0.25, 0.3) is 0 Å². The topological polar surface area (TPSA) is 78.9 Å². The van der Waals surface area contributed by atoms with Crippen molar-refractivity contribution in [2.24, 2.45) is 0 Å². The van der Waals surface area contributed by atoms with E-state index in [1.54, 1.807) is 28.9 Å². The number of aromatic nitrogens is 2. The molecule has 0 bridgehead atoms. The first kappa shape index (κ1) is 18.4. The molecule has 0 aliphatic heterocycles. The average Bonchev–Trinajstić information content (AvgIpc) is 3.07. The minimum absolute atomic E-state index is 0.151. The second-order valence-electron chi connectivity index (χ2n) is 6.51. The van der Waals surface area contributed by atoms with Gasteiger partial charge in [0.05, 0.1) is 28.7 Å². The number of hydrogen-bond acceptors (Lipinski definition) is 3. The molecule has 1 heterocycles. The van der Waals surface area contributed by atoms with Crippen LogP contribution in [0.15, 0.2) is 54.6 Å². The summed E-state index contributed by atoms with van der Waals surface area (Å²) in [7, 11) is 0. The van der Waals surface area contributed by atoms with Gasteiger partial charge in [-0.1, -0.05) is 44.2 Å². The molecule has 27 heavy (non-hydrogen) atoms. The van der Waals surface area contributed by atoms with Gasteiger partial charge in [-0.15, -0.1) is 0 Å². The molecule has 0 saturated heterocycles. The zero-order valence-corrected chi connectivity index (χ0v) is 15.4. The van der Waals surface area contributed by atoms with Gasteiger partial charge in [-0.25, -0.2) is 9.48 Å². The molecule has 136 valence electrons. The van der Waals surface area contributed by atoms with E-state index < -0.39 is 5.97 Å². The lowest BCUT2D eigenvalue weighted by Gasteiger charge is -2.10. The van der Waals surface area contributed by atoms with Crippen molar-refractivity contribution in [1.29, 1.82) is 5.26 Å². The number of carbonyl (C=O) groups is 1. The van der Waals surface area contributed by atoms with Crippen LogP contribution in [0.5, 0.6) is 0 Å². The lowest BCUT2D eigenvalue weighted by molar-refractivity contribution is 0.0694. The predicted octanol–water partition coefficient (Wildman–Crippen LogP) is 4.35. The molecule has 0 amide bonds. The second kappa shape index (κ2) is 7.88. The summed E-state index contributed by atoms with van der Waals surface area (Å²) in [6.45, 7) is 4.00. The Labute approximate surface area is 158 Å². The van der Waals surface area contributed by atoms with E-state index in [4.69, 9.17) is 5.26 Å². The second-order valence-corrected chi connectivity index (χ2v) is 6.51. The highest BCUT2D eigenvalue weighted by Gasteiger charge is 2.24. The molecule has 0 aliphatic carbocycles. The summed E-state index contributed by atoms with van der Waals surface area (Å²) < 4.78 is 1.69. The maximum absolute atomic E-state index is 12.0. The van der Waals surface area contributed by atoms with Crippen LogP contribution in [0.2, 0.25) is 0 Å². The minimum atomic E-state index is -0.956. The van der Waals surface area contributed by atoms with Crippen LogP contribution in [0.25, 0.3) is 5.69 Å². The number of aromatic carboxylic acids is 1. The summed E-state index contributed by atoms with van der Waals surface area (Å²) in [6, 6.07) is 19.1. The summed E-state index contributed by atoms with van der Waals surface area (Å²) in [5.41, 5.74) is 4.00. The Bertz CT molecular complexity index is 983. The fraction of sp³-hybridized carbons (Fsp3) is 0.227. The van der Waals surface area contributed by atoms with Crippen molar-refractivity contribution in [3.63, 3.8) is 0 Å². The van der Waals surface area contributed by atoms with Gasteiger partial charge in [-0.3, -0.25) is 0 Å². The number of rotatable bonds is 6. The maximum Gasteiger partial charge on any atom is 0.339 e. The first-order chi connectivity index (χ1) is 13.0. The Morgan fingerprint density at radius 1 is 1.19 bits per heavy atom. The molecule has 2 aromatic carbocycles. The van der Waals surface area contributed by atoms with Crippen molar-refractivity contribution >= 4 is 5.97 Å². The van der Waals surface area contributed by atoms with E-state index in [2.05, 4.69) is 18.1 Å². The molecule has 0 spiro atoms. The van der Waals surface area contributed by atoms with Crippen molar-refractivity contribution in [1.82, 2.24) is 9.78 Å². The van der Waals surface area contributed by atoms with Crippen molar-refractivity contribution in [3.8, 4) is 11.8 Å². The van der Waals surface area contributed by atoms with Gasteiger partial charge in [0.15, 0.2) is 0 Å². The SMILES string of the molecule is CCc1c(C(=O)O)c(CC(C)c2ccccc2)nn1-c1ccc(C#N)cc1. The van der Waals surface area contributed by atoms with Crippen LogP contribution in [0.1, 0.15) is 52.6 Å². The lowest BCUT2D eigenvalue weighted by Crippen LogP contribution is -2.07. The number of benzene rings is 2. The zero-order valence-electron chi connectivity index (χ0n) is 15.4. The Balaban J connectivity index is 2.04. The van der Waals surface area contributed by atoms with Crippen LogP contribution >= 0.6 is 0 Å². The fourth-order valence-corrected chi connectivity index (χ4v) is 3.30. The number of nitrogens with zero attached hydrogens (tertiary/aromatic N) is 3. The Morgan fingerprint density at radius 2 is 1.85 bits per heavy atom. The van der Waals surface area contributed by atoms with Crippen LogP contribution in [-0.2, 0) is 12.8 Å². The van der Waals surface area contributed by atoms with Gasteiger partial charge in [0, 0.05) is 0 Å². The average molecular weight is 359 g/mol.